The number of aryl methyl sites for hydroxylation is 2. The number of rotatable bonds is 7. The monoisotopic (exact) mass is 419 g/mol. The van der Waals surface area contributed by atoms with Crippen LogP contribution in [0.15, 0.2) is 42.6 Å². The van der Waals surface area contributed by atoms with E-state index >= 15 is 0 Å². The van der Waals surface area contributed by atoms with Crippen LogP contribution in [0.2, 0.25) is 0 Å². The van der Waals surface area contributed by atoms with Crippen molar-refractivity contribution in [1.29, 1.82) is 0 Å². The summed E-state index contributed by atoms with van der Waals surface area (Å²) < 4.78 is 5.76. The van der Waals surface area contributed by atoms with Crippen LogP contribution in [0.4, 0.5) is 5.69 Å². The van der Waals surface area contributed by atoms with Crippen LogP contribution in [0, 0.1) is 0 Å². The number of nitrogens with one attached hydrogen (secondary N) is 1. The predicted molar refractivity (Wildman–Crippen MR) is 126 cm³/mol. The lowest BCUT2D eigenvalue weighted by Gasteiger charge is -2.36. The highest BCUT2D eigenvalue weighted by Gasteiger charge is 2.19. The van der Waals surface area contributed by atoms with Crippen molar-refractivity contribution in [2.45, 2.75) is 38.7 Å². The van der Waals surface area contributed by atoms with Gasteiger partial charge in [0.1, 0.15) is 5.75 Å². The highest BCUT2D eigenvalue weighted by molar-refractivity contribution is 5.83. The summed E-state index contributed by atoms with van der Waals surface area (Å²) in [5, 5.41) is 10.7. The van der Waals surface area contributed by atoms with Gasteiger partial charge in [-0.1, -0.05) is 6.07 Å². The van der Waals surface area contributed by atoms with Crippen molar-refractivity contribution < 1.29 is 9.84 Å². The van der Waals surface area contributed by atoms with Crippen molar-refractivity contribution in [1.82, 2.24) is 9.88 Å². The number of H-pyrrole nitrogens is 1. The number of anilines is 1. The first-order valence-electron chi connectivity index (χ1n) is 11.7. The molecule has 31 heavy (non-hydrogen) atoms. The number of hydrogen-bond donors (Lipinski definition) is 2. The highest BCUT2D eigenvalue weighted by atomic mass is 16.5. The van der Waals surface area contributed by atoms with E-state index in [1.165, 1.54) is 41.6 Å². The van der Waals surface area contributed by atoms with Gasteiger partial charge in [0.05, 0.1) is 13.2 Å². The van der Waals surface area contributed by atoms with E-state index < -0.39 is 0 Å². The summed E-state index contributed by atoms with van der Waals surface area (Å²) in [6.07, 6.45) is 7.91. The van der Waals surface area contributed by atoms with Gasteiger partial charge in [-0.3, -0.25) is 4.90 Å². The maximum Gasteiger partial charge on any atom is 0.122 e. The SMILES string of the molecule is OCc1ccc2[nH]cc(CCCCN3CCN(c4ccc5c(c4)CCCO5)CC3)c2c1. The Morgan fingerprint density at radius 1 is 1.00 bits per heavy atom. The molecule has 5 nitrogen and oxygen atoms in total. The molecule has 0 saturated carbocycles. The summed E-state index contributed by atoms with van der Waals surface area (Å²) in [4.78, 5) is 8.50. The first kappa shape index (κ1) is 20.4. The zero-order valence-corrected chi connectivity index (χ0v) is 18.3. The molecule has 0 radical (unpaired) electrons. The highest BCUT2D eigenvalue weighted by Crippen LogP contribution is 2.29. The number of piperazine rings is 1. The minimum Gasteiger partial charge on any atom is -0.493 e. The third-order valence-corrected chi connectivity index (χ3v) is 6.81. The van der Waals surface area contributed by atoms with E-state index in [0.717, 1.165) is 68.9 Å². The summed E-state index contributed by atoms with van der Waals surface area (Å²) >= 11 is 0. The summed E-state index contributed by atoms with van der Waals surface area (Å²) in [5.41, 5.74) is 6.24. The fourth-order valence-corrected chi connectivity index (χ4v) is 4.95. The maximum atomic E-state index is 9.40. The molecule has 3 heterocycles. The summed E-state index contributed by atoms with van der Waals surface area (Å²) in [6.45, 7) is 6.62. The Kier molecular flexibility index (Phi) is 6.14. The normalized spacial score (nSPS) is 17.0. The van der Waals surface area contributed by atoms with E-state index in [9.17, 15) is 5.11 Å². The molecule has 0 bridgehead atoms. The number of hydrogen-bond acceptors (Lipinski definition) is 4. The molecule has 1 saturated heterocycles. The molecule has 2 aromatic carbocycles. The number of aromatic nitrogens is 1. The Labute approximate surface area is 184 Å². The largest absolute Gasteiger partial charge is 0.493 e. The Morgan fingerprint density at radius 2 is 1.90 bits per heavy atom. The topological polar surface area (TPSA) is 51.7 Å². The molecule has 0 amide bonds. The average Bonchev–Trinajstić information content (AvgIpc) is 3.24. The van der Waals surface area contributed by atoms with Gasteiger partial charge in [0.25, 0.3) is 0 Å². The van der Waals surface area contributed by atoms with Crippen LogP contribution in [0.5, 0.6) is 5.75 Å². The molecule has 0 unspecified atom stereocenters. The molecule has 2 aliphatic heterocycles. The number of nitrogens with zero attached hydrogens (tertiary/aromatic N) is 2. The minimum atomic E-state index is 0.103. The van der Waals surface area contributed by atoms with Crippen LogP contribution in [-0.4, -0.2) is 54.3 Å². The van der Waals surface area contributed by atoms with Crippen molar-refractivity contribution in [3.05, 3.63) is 59.3 Å². The molecular weight excluding hydrogens is 386 g/mol. The Bertz CT molecular complexity index is 1020. The van der Waals surface area contributed by atoms with Crippen LogP contribution in [0.25, 0.3) is 10.9 Å². The minimum absolute atomic E-state index is 0.103. The van der Waals surface area contributed by atoms with E-state index in [-0.39, 0.29) is 6.61 Å². The zero-order chi connectivity index (χ0) is 21.0. The van der Waals surface area contributed by atoms with Crippen molar-refractivity contribution in [2.24, 2.45) is 0 Å². The van der Waals surface area contributed by atoms with Gasteiger partial charge in [0.2, 0.25) is 0 Å². The van der Waals surface area contributed by atoms with E-state index in [0.29, 0.717) is 0 Å². The van der Waals surface area contributed by atoms with Gasteiger partial charge in [0.15, 0.2) is 0 Å². The van der Waals surface area contributed by atoms with Crippen LogP contribution in [0.3, 0.4) is 0 Å². The van der Waals surface area contributed by atoms with Gasteiger partial charge in [-0.2, -0.15) is 0 Å². The lowest BCUT2D eigenvalue weighted by Crippen LogP contribution is -2.46. The molecule has 0 aliphatic carbocycles. The van der Waals surface area contributed by atoms with Crippen LogP contribution >= 0.6 is 0 Å². The Morgan fingerprint density at radius 3 is 2.77 bits per heavy atom. The Hall–Kier alpha value is -2.50. The standard InChI is InChI=1S/C26H33N3O2/c30-19-20-6-8-25-24(16-20)22(18-27-25)4-1-2-10-28-11-13-29(14-12-28)23-7-9-26-21(17-23)5-3-15-31-26/h6-9,16-18,27,30H,1-5,10-15,19H2. The molecule has 2 N–H and O–H groups in total. The third-order valence-electron chi connectivity index (χ3n) is 6.81. The second-order valence-corrected chi connectivity index (χ2v) is 8.88. The van der Waals surface area contributed by atoms with Crippen molar-refractivity contribution in [2.75, 3.05) is 44.2 Å². The van der Waals surface area contributed by atoms with Gasteiger partial charge >= 0.3 is 0 Å². The number of ether oxygens (including phenoxy) is 1. The molecule has 3 aromatic rings. The van der Waals surface area contributed by atoms with Gasteiger partial charge in [-0.05, 0) is 85.7 Å². The van der Waals surface area contributed by atoms with E-state index in [1.807, 2.05) is 6.07 Å². The Balaban J connectivity index is 1.08. The number of aromatic amines is 1. The van der Waals surface area contributed by atoms with Crippen molar-refractivity contribution in [3.63, 3.8) is 0 Å². The fraction of sp³-hybridized carbons (Fsp3) is 0.462. The number of benzene rings is 2. The van der Waals surface area contributed by atoms with Crippen LogP contribution in [0.1, 0.15) is 36.0 Å². The maximum absolute atomic E-state index is 9.40. The van der Waals surface area contributed by atoms with Gasteiger partial charge in [-0.25, -0.2) is 0 Å². The molecular formula is C26H33N3O2. The average molecular weight is 420 g/mol. The zero-order valence-electron chi connectivity index (χ0n) is 18.3. The molecule has 2 aliphatic rings. The van der Waals surface area contributed by atoms with Crippen molar-refractivity contribution >= 4 is 16.6 Å². The summed E-state index contributed by atoms with van der Waals surface area (Å²) in [5.74, 6) is 1.08. The lowest BCUT2D eigenvalue weighted by atomic mass is 10.0. The van der Waals surface area contributed by atoms with Gasteiger partial charge in [-0.15, -0.1) is 0 Å². The number of aliphatic hydroxyl groups is 1. The van der Waals surface area contributed by atoms with Gasteiger partial charge in [0, 0.05) is 49.0 Å². The molecule has 5 rings (SSSR count). The third kappa shape index (κ3) is 4.58. The molecule has 1 aromatic heterocycles. The van der Waals surface area contributed by atoms with Crippen molar-refractivity contribution in [3.8, 4) is 5.75 Å². The van der Waals surface area contributed by atoms with Crippen LogP contribution in [-0.2, 0) is 19.4 Å². The first-order valence-corrected chi connectivity index (χ1v) is 11.7. The summed E-state index contributed by atoms with van der Waals surface area (Å²) in [6, 6.07) is 12.9. The van der Waals surface area contributed by atoms with E-state index in [4.69, 9.17) is 4.74 Å². The molecule has 0 atom stereocenters. The second kappa shape index (κ2) is 9.33. The summed E-state index contributed by atoms with van der Waals surface area (Å²) in [7, 11) is 0. The lowest BCUT2D eigenvalue weighted by molar-refractivity contribution is 0.253. The molecule has 0 spiro atoms. The first-order chi connectivity index (χ1) is 15.3. The van der Waals surface area contributed by atoms with Gasteiger partial charge < -0.3 is 19.7 Å². The smallest absolute Gasteiger partial charge is 0.122 e. The quantitative estimate of drug-likeness (QED) is 0.566. The number of unbranched alkanes of at least 4 members (excludes halogenated alkanes) is 1. The number of aliphatic hydroxyl groups excluding tert-OH is 1. The fourth-order valence-electron chi connectivity index (χ4n) is 4.95. The van der Waals surface area contributed by atoms with Crippen LogP contribution < -0.4 is 9.64 Å². The number of fused-ring (bicyclic) bond motifs is 2. The predicted octanol–water partition coefficient (Wildman–Crippen LogP) is 4.13. The molecule has 1 fully saturated rings. The van der Waals surface area contributed by atoms with E-state index in [2.05, 4.69) is 51.3 Å². The second-order valence-electron chi connectivity index (χ2n) is 8.88. The molecule has 5 heteroatoms. The van der Waals surface area contributed by atoms with E-state index in [1.54, 1.807) is 0 Å². The molecule has 164 valence electrons.